The molecule has 0 atom stereocenters. The first-order chi connectivity index (χ1) is 7.33. The number of hydrogen-bond donors (Lipinski definition) is 1. The van der Waals surface area contributed by atoms with E-state index < -0.39 is 0 Å². The zero-order valence-electron chi connectivity index (χ0n) is 9.13. The summed E-state index contributed by atoms with van der Waals surface area (Å²) in [6.07, 6.45) is 1.03. The Morgan fingerprint density at radius 2 is 1.93 bits per heavy atom. The third kappa shape index (κ3) is 5.78. The van der Waals surface area contributed by atoms with Crippen molar-refractivity contribution in [3.05, 3.63) is 34.9 Å². The van der Waals surface area contributed by atoms with Crippen molar-refractivity contribution >= 4 is 11.6 Å². The Balaban J connectivity index is 2.07. The first kappa shape index (κ1) is 12.5. The molecule has 0 aromatic heterocycles. The van der Waals surface area contributed by atoms with Gasteiger partial charge in [-0.15, -0.1) is 0 Å². The van der Waals surface area contributed by atoms with Crippen molar-refractivity contribution in [3.63, 3.8) is 0 Å². The number of ether oxygens (including phenoxy) is 1. The van der Waals surface area contributed by atoms with Crippen molar-refractivity contribution in [2.45, 2.75) is 13.3 Å². The lowest BCUT2D eigenvalue weighted by atomic mass is 10.1. The maximum Gasteiger partial charge on any atom is 0.0590 e. The SMILES string of the molecule is CCOCCNCCc1ccc(Cl)cc1. The van der Waals surface area contributed by atoms with Gasteiger partial charge in [0.25, 0.3) is 0 Å². The fourth-order valence-corrected chi connectivity index (χ4v) is 1.42. The molecule has 0 aliphatic rings. The molecule has 0 radical (unpaired) electrons. The molecule has 0 saturated heterocycles. The molecule has 1 aromatic rings. The number of rotatable bonds is 7. The Morgan fingerprint density at radius 1 is 1.20 bits per heavy atom. The van der Waals surface area contributed by atoms with Crippen LogP contribution in [0.2, 0.25) is 5.02 Å². The molecule has 2 nitrogen and oxygen atoms in total. The van der Waals surface area contributed by atoms with Crippen LogP contribution in [0, 0.1) is 0 Å². The highest BCUT2D eigenvalue weighted by Crippen LogP contribution is 2.09. The van der Waals surface area contributed by atoms with Gasteiger partial charge in [-0.1, -0.05) is 23.7 Å². The van der Waals surface area contributed by atoms with Crippen LogP contribution in [0.3, 0.4) is 0 Å². The molecular weight excluding hydrogens is 210 g/mol. The summed E-state index contributed by atoms with van der Waals surface area (Å²) in [5, 5.41) is 4.12. The topological polar surface area (TPSA) is 21.3 Å². The number of hydrogen-bond acceptors (Lipinski definition) is 2. The van der Waals surface area contributed by atoms with Crippen LogP contribution in [0.1, 0.15) is 12.5 Å². The Morgan fingerprint density at radius 3 is 2.60 bits per heavy atom. The van der Waals surface area contributed by atoms with Crippen LogP contribution in [0.5, 0.6) is 0 Å². The van der Waals surface area contributed by atoms with E-state index in [-0.39, 0.29) is 0 Å². The van der Waals surface area contributed by atoms with Gasteiger partial charge >= 0.3 is 0 Å². The minimum Gasteiger partial charge on any atom is -0.380 e. The smallest absolute Gasteiger partial charge is 0.0590 e. The molecule has 0 saturated carbocycles. The molecule has 1 rings (SSSR count). The molecule has 0 unspecified atom stereocenters. The first-order valence-electron chi connectivity index (χ1n) is 5.36. The van der Waals surface area contributed by atoms with E-state index in [2.05, 4.69) is 17.4 Å². The van der Waals surface area contributed by atoms with E-state index in [0.29, 0.717) is 0 Å². The van der Waals surface area contributed by atoms with Gasteiger partial charge in [-0.25, -0.2) is 0 Å². The lowest BCUT2D eigenvalue weighted by Crippen LogP contribution is -2.22. The molecule has 0 amide bonds. The third-order valence-corrected chi connectivity index (χ3v) is 2.38. The van der Waals surface area contributed by atoms with Gasteiger partial charge in [0.05, 0.1) is 6.61 Å². The second-order valence-electron chi connectivity index (χ2n) is 3.32. The van der Waals surface area contributed by atoms with Crippen LogP contribution in [0.15, 0.2) is 24.3 Å². The maximum atomic E-state index is 5.80. The summed E-state index contributed by atoms with van der Waals surface area (Å²) in [7, 11) is 0. The quantitative estimate of drug-likeness (QED) is 0.723. The lowest BCUT2D eigenvalue weighted by molar-refractivity contribution is 0.149. The molecule has 84 valence electrons. The molecular formula is C12H18ClNO. The van der Waals surface area contributed by atoms with Crippen LogP contribution < -0.4 is 5.32 Å². The van der Waals surface area contributed by atoms with Crippen LogP contribution >= 0.6 is 11.6 Å². The van der Waals surface area contributed by atoms with Gasteiger partial charge in [-0.3, -0.25) is 0 Å². The number of halogens is 1. The lowest BCUT2D eigenvalue weighted by Gasteiger charge is -2.05. The van der Waals surface area contributed by atoms with Gasteiger partial charge in [0.15, 0.2) is 0 Å². The predicted molar refractivity (Wildman–Crippen MR) is 64.5 cm³/mol. The van der Waals surface area contributed by atoms with E-state index in [1.165, 1.54) is 5.56 Å². The Kier molecular flexibility index (Phi) is 6.41. The molecule has 1 aromatic carbocycles. The Hall–Kier alpha value is -0.570. The fourth-order valence-electron chi connectivity index (χ4n) is 1.30. The summed E-state index contributed by atoms with van der Waals surface area (Å²) in [5.41, 5.74) is 1.31. The van der Waals surface area contributed by atoms with E-state index >= 15 is 0 Å². The maximum absolute atomic E-state index is 5.80. The molecule has 0 aliphatic heterocycles. The van der Waals surface area contributed by atoms with E-state index in [9.17, 15) is 0 Å². The van der Waals surface area contributed by atoms with Gasteiger partial charge < -0.3 is 10.1 Å². The fraction of sp³-hybridized carbons (Fsp3) is 0.500. The van der Waals surface area contributed by atoms with Crippen molar-refractivity contribution in [3.8, 4) is 0 Å². The largest absolute Gasteiger partial charge is 0.380 e. The second-order valence-corrected chi connectivity index (χ2v) is 3.76. The molecule has 0 heterocycles. The third-order valence-electron chi connectivity index (χ3n) is 2.13. The van der Waals surface area contributed by atoms with Gasteiger partial charge in [-0.05, 0) is 37.6 Å². The Bertz CT molecular complexity index is 261. The molecule has 0 fully saturated rings. The Labute approximate surface area is 96.6 Å². The molecule has 0 spiro atoms. The molecule has 0 bridgehead atoms. The standard InChI is InChI=1S/C12H18ClNO/c1-2-15-10-9-14-8-7-11-3-5-12(13)6-4-11/h3-6,14H,2,7-10H2,1H3. The van der Waals surface area contributed by atoms with E-state index in [4.69, 9.17) is 16.3 Å². The van der Waals surface area contributed by atoms with Gasteiger partial charge in [-0.2, -0.15) is 0 Å². The summed E-state index contributed by atoms with van der Waals surface area (Å²) in [6, 6.07) is 7.98. The monoisotopic (exact) mass is 227 g/mol. The summed E-state index contributed by atoms with van der Waals surface area (Å²) in [6.45, 7) is 5.49. The number of nitrogens with one attached hydrogen (secondary N) is 1. The number of benzene rings is 1. The summed E-state index contributed by atoms with van der Waals surface area (Å²) < 4.78 is 5.22. The molecule has 0 aliphatic carbocycles. The van der Waals surface area contributed by atoms with Crippen LogP contribution in [0.25, 0.3) is 0 Å². The van der Waals surface area contributed by atoms with Crippen molar-refractivity contribution < 1.29 is 4.74 Å². The van der Waals surface area contributed by atoms with Crippen molar-refractivity contribution in [1.29, 1.82) is 0 Å². The van der Waals surface area contributed by atoms with Gasteiger partial charge in [0, 0.05) is 18.2 Å². The van der Waals surface area contributed by atoms with Crippen molar-refractivity contribution in [2.24, 2.45) is 0 Å². The van der Waals surface area contributed by atoms with E-state index in [1.54, 1.807) is 0 Å². The average molecular weight is 228 g/mol. The normalized spacial score (nSPS) is 10.5. The average Bonchev–Trinajstić information content (AvgIpc) is 2.26. The molecule has 3 heteroatoms. The van der Waals surface area contributed by atoms with Crippen LogP contribution in [-0.2, 0) is 11.2 Å². The van der Waals surface area contributed by atoms with Crippen molar-refractivity contribution in [2.75, 3.05) is 26.3 Å². The second kappa shape index (κ2) is 7.69. The highest BCUT2D eigenvalue weighted by atomic mass is 35.5. The predicted octanol–water partition coefficient (Wildman–Crippen LogP) is 2.51. The highest BCUT2D eigenvalue weighted by molar-refractivity contribution is 6.30. The first-order valence-corrected chi connectivity index (χ1v) is 5.73. The van der Waals surface area contributed by atoms with Crippen molar-refractivity contribution in [1.82, 2.24) is 5.32 Å². The molecule has 15 heavy (non-hydrogen) atoms. The van der Waals surface area contributed by atoms with E-state index in [1.807, 2.05) is 19.1 Å². The summed E-state index contributed by atoms with van der Waals surface area (Å²) in [4.78, 5) is 0. The summed E-state index contributed by atoms with van der Waals surface area (Å²) in [5.74, 6) is 0. The zero-order chi connectivity index (χ0) is 10.9. The minimum absolute atomic E-state index is 0.789. The highest BCUT2D eigenvalue weighted by Gasteiger charge is 1.93. The van der Waals surface area contributed by atoms with E-state index in [0.717, 1.165) is 37.7 Å². The van der Waals surface area contributed by atoms with Crippen LogP contribution in [-0.4, -0.2) is 26.3 Å². The van der Waals surface area contributed by atoms with Gasteiger partial charge in [0.2, 0.25) is 0 Å². The summed E-state index contributed by atoms with van der Waals surface area (Å²) >= 11 is 5.80. The van der Waals surface area contributed by atoms with Crippen LogP contribution in [0.4, 0.5) is 0 Å². The van der Waals surface area contributed by atoms with Gasteiger partial charge in [0.1, 0.15) is 0 Å². The molecule has 1 N–H and O–H groups in total. The zero-order valence-corrected chi connectivity index (χ0v) is 9.89. The minimum atomic E-state index is 0.789.